The molecule has 1 amide bonds. The van der Waals surface area contributed by atoms with Crippen LogP contribution in [-0.4, -0.2) is 19.2 Å². The Morgan fingerprint density at radius 2 is 1.81 bits per heavy atom. The van der Waals surface area contributed by atoms with Gasteiger partial charge in [-0.25, -0.2) is 5.43 Å². The number of ether oxygens (including phenoxy) is 1. The molecule has 0 aliphatic carbocycles. The Balaban J connectivity index is 1.63. The minimum absolute atomic E-state index is 0.336. The lowest BCUT2D eigenvalue weighted by Crippen LogP contribution is -2.16. The Morgan fingerprint density at radius 1 is 1.07 bits per heavy atom. The van der Waals surface area contributed by atoms with Crippen molar-refractivity contribution in [3.8, 4) is 5.75 Å². The number of nitrogens with zero attached hydrogens (tertiary/aromatic N) is 1. The maximum Gasteiger partial charge on any atom is 0.283 e. The summed E-state index contributed by atoms with van der Waals surface area (Å²) in [6.07, 6.45) is 1.60. The van der Waals surface area contributed by atoms with Crippen molar-refractivity contribution in [3.63, 3.8) is 0 Å². The number of methoxy groups -OCH3 is 1. The van der Waals surface area contributed by atoms with Crippen molar-refractivity contribution in [3.05, 3.63) is 76.1 Å². The number of amides is 1. The molecule has 0 saturated heterocycles. The number of benzene rings is 3. The zero-order chi connectivity index (χ0) is 18.8. The second kappa shape index (κ2) is 7.39. The molecule has 0 atom stereocenters. The third-order valence-electron chi connectivity index (χ3n) is 4.25. The van der Waals surface area contributed by atoms with Crippen LogP contribution in [-0.2, 0) is 0 Å². The van der Waals surface area contributed by atoms with Crippen LogP contribution in [0.3, 0.4) is 0 Å². The van der Waals surface area contributed by atoms with Gasteiger partial charge in [0.1, 0.15) is 10.6 Å². The van der Waals surface area contributed by atoms with E-state index in [0.717, 1.165) is 26.4 Å². The standard InChI is InChI=1S/C21H15ClN2O2S/c1-26-17-11-10-13-6-2-3-7-14(13)16(17)12-23-24-21(25)20-19(22)15-8-4-5-9-18(15)27-20/h2-12H,1H3,(H,24,25). The number of nitrogens with one attached hydrogen (secondary N) is 1. The highest BCUT2D eigenvalue weighted by atomic mass is 35.5. The average molecular weight is 395 g/mol. The molecule has 4 rings (SSSR count). The molecule has 0 spiro atoms. The first-order valence-electron chi connectivity index (χ1n) is 8.25. The maximum atomic E-state index is 12.5. The van der Waals surface area contributed by atoms with E-state index in [2.05, 4.69) is 10.5 Å². The summed E-state index contributed by atoms with van der Waals surface area (Å²) in [5.74, 6) is 0.350. The first-order chi connectivity index (χ1) is 13.2. The fraction of sp³-hybridized carbons (Fsp3) is 0.0476. The normalized spacial score (nSPS) is 11.3. The summed E-state index contributed by atoms with van der Waals surface area (Å²) in [5.41, 5.74) is 3.37. The predicted molar refractivity (Wildman–Crippen MR) is 112 cm³/mol. The summed E-state index contributed by atoms with van der Waals surface area (Å²) >= 11 is 7.70. The molecular weight excluding hydrogens is 380 g/mol. The van der Waals surface area contributed by atoms with Crippen molar-refractivity contribution in [2.24, 2.45) is 5.10 Å². The van der Waals surface area contributed by atoms with Crippen LogP contribution in [0.1, 0.15) is 15.2 Å². The summed E-state index contributed by atoms with van der Waals surface area (Å²) in [7, 11) is 1.61. The van der Waals surface area contributed by atoms with Crippen LogP contribution >= 0.6 is 22.9 Å². The average Bonchev–Trinajstić information content (AvgIpc) is 3.05. The monoisotopic (exact) mass is 394 g/mol. The first kappa shape index (κ1) is 17.5. The zero-order valence-electron chi connectivity index (χ0n) is 14.4. The fourth-order valence-corrected chi connectivity index (χ4v) is 4.36. The summed E-state index contributed by atoms with van der Waals surface area (Å²) in [6, 6.07) is 19.5. The molecule has 1 heterocycles. The molecule has 0 fully saturated rings. The van der Waals surface area contributed by atoms with Crippen LogP contribution in [0.5, 0.6) is 5.75 Å². The van der Waals surface area contributed by atoms with E-state index in [-0.39, 0.29) is 5.91 Å². The third kappa shape index (κ3) is 3.27. The predicted octanol–water partition coefficient (Wildman–Crippen LogP) is 5.48. The van der Waals surface area contributed by atoms with E-state index in [4.69, 9.17) is 16.3 Å². The molecule has 0 saturated carbocycles. The summed E-state index contributed by atoms with van der Waals surface area (Å²) < 4.78 is 6.40. The Morgan fingerprint density at radius 3 is 2.59 bits per heavy atom. The first-order valence-corrected chi connectivity index (χ1v) is 9.44. The molecular formula is C21H15ClN2O2S. The van der Waals surface area contributed by atoms with Gasteiger partial charge in [-0.15, -0.1) is 11.3 Å². The third-order valence-corrected chi connectivity index (χ3v) is 5.93. The van der Waals surface area contributed by atoms with Gasteiger partial charge in [-0.05, 0) is 22.9 Å². The van der Waals surface area contributed by atoms with Crippen LogP contribution < -0.4 is 10.2 Å². The molecule has 0 bridgehead atoms. The van der Waals surface area contributed by atoms with Gasteiger partial charge in [0.25, 0.3) is 5.91 Å². The number of halogens is 1. The lowest BCUT2D eigenvalue weighted by atomic mass is 10.0. The van der Waals surface area contributed by atoms with Crippen molar-refractivity contribution in [2.75, 3.05) is 7.11 Å². The number of fused-ring (bicyclic) bond motifs is 2. The quantitative estimate of drug-likeness (QED) is 0.368. The van der Waals surface area contributed by atoms with Gasteiger partial charge in [-0.3, -0.25) is 4.79 Å². The molecule has 0 radical (unpaired) electrons. The van der Waals surface area contributed by atoms with E-state index in [0.29, 0.717) is 15.6 Å². The Labute approximate surface area is 165 Å². The number of carbonyl (C=O) groups excluding carboxylic acids is 1. The fourth-order valence-electron chi connectivity index (χ4n) is 2.95. The number of hydrogen-bond donors (Lipinski definition) is 1. The van der Waals surface area contributed by atoms with Crippen LogP contribution in [0.2, 0.25) is 5.02 Å². The minimum atomic E-state index is -0.336. The second-order valence-electron chi connectivity index (χ2n) is 5.84. The molecule has 134 valence electrons. The van der Waals surface area contributed by atoms with Crippen molar-refractivity contribution in [1.82, 2.24) is 5.43 Å². The lowest BCUT2D eigenvalue weighted by molar-refractivity contribution is 0.0959. The van der Waals surface area contributed by atoms with E-state index in [1.165, 1.54) is 11.3 Å². The minimum Gasteiger partial charge on any atom is -0.496 e. The molecule has 4 nitrogen and oxygen atoms in total. The largest absolute Gasteiger partial charge is 0.496 e. The molecule has 4 aromatic rings. The van der Waals surface area contributed by atoms with Crippen molar-refractivity contribution in [1.29, 1.82) is 0 Å². The topological polar surface area (TPSA) is 50.7 Å². The lowest BCUT2D eigenvalue weighted by Gasteiger charge is -2.08. The molecule has 3 aromatic carbocycles. The summed E-state index contributed by atoms with van der Waals surface area (Å²) in [5, 5.41) is 7.51. The van der Waals surface area contributed by atoms with Crippen LogP contribution in [0.15, 0.2) is 65.8 Å². The van der Waals surface area contributed by atoms with Crippen LogP contribution in [0, 0.1) is 0 Å². The van der Waals surface area contributed by atoms with Gasteiger partial charge in [0.15, 0.2) is 0 Å². The SMILES string of the molecule is COc1ccc2ccccc2c1C=NNC(=O)c1sc2ccccc2c1Cl. The summed E-state index contributed by atoms with van der Waals surface area (Å²) in [6.45, 7) is 0. The number of thiophene rings is 1. The van der Waals surface area contributed by atoms with E-state index in [1.807, 2.05) is 60.7 Å². The Hall–Kier alpha value is -2.89. The number of rotatable bonds is 4. The maximum absolute atomic E-state index is 12.5. The molecule has 6 heteroatoms. The van der Waals surface area contributed by atoms with Gasteiger partial charge in [-0.2, -0.15) is 5.10 Å². The molecule has 1 aromatic heterocycles. The molecule has 1 N–H and O–H groups in total. The highest BCUT2D eigenvalue weighted by Crippen LogP contribution is 2.35. The van der Waals surface area contributed by atoms with Gasteiger partial charge in [0.2, 0.25) is 0 Å². The second-order valence-corrected chi connectivity index (χ2v) is 7.27. The van der Waals surface area contributed by atoms with E-state index >= 15 is 0 Å². The van der Waals surface area contributed by atoms with Crippen molar-refractivity contribution >= 4 is 55.9 Å². The van der Waals surface area contributed by atoms with Gasteiger partial charge < -0.3 is 4.74 Å². The van der Waals surface area contributed by atoms with Gasteiger partial charge in [0, 0.05) is 15.6 Å². The van der Waals surface area contributed by atoms with Gasteiger partial charge >= 0.3 is 0 Å². The van der Waals surface area contributed by atoms with E-state index in [1.54, 1.807) is 13.3 Å². The van der Waals surface area contributed by atoms with Gasteiger partial charge in [0.05, 0.1) is 18.3 Å². The van der Waals surface area contributed by atoms with E-state index in [9.17, 15) is 4.79 Å². The molecule has 27 heavy (non-hydrogen) atoms. The highest BCUT2D eigenvalue weighted by Gasteiger charge is 2.16. The van der Waals surface area contributed by atoms with Gasteiger partial charge in [-0.1, -0.05) is 60.1 Å². The Bertz CT molecular complexity index is 1180. The van der Waals surface area contributed by atoms with Crippen molar-refractivity contribution < 1.29 is 9.53 Å². The molecule has 0 unspecified atom stereocenters. The molecule has 0 aliphatic heterocycles. The molecule has 0 aliphatic rings. The highest BCUT2D eigenvalue weighted by molar-refractivity contribution is 7.21. The zero-order valence-corrected chi connectivity index (χ0v) is 16.0. The Kier molecular flexibility index (Phi) is 4.79. The smallest absolute Gasteiger partial charge is 0.283 e. The summed E-state index contributed by atoms with van der Waals surface area (Å²) in [4.78, 5) is 13.0. The van der Waals surface area contributed by atoms with Crippen molar-refractivity contribution in [2.45, 2.75) is 0 Å². The van der Waals surface area contributed by atoms with E-state index < -0.39 is 0 Å². The number of carbonyl (C=O) groups is 1. The van der Waals surface area contributed by atoms with Crippen LogP contribution in [0.4, 0.5) is 0 Å². The number of hydrazone groups is 1. The number of hydrogen-bond acceptors (Lipinski definition) is 4. The van der Waals surface area contributed by atoms with Crippen LogP contribution in [0.25, 0.3) is 20.9 Å².